The predicted molar refractivity (Wildman–Crippen MR) is 48.9 cm³/mol. The summed E-state index contributed by atoms with van der Waals surface area (Å²) in [6, 6.07) is 3.11. The third kappa shape index (κ3) is 2.04. The quantitative estimate of drug-likeness (QED) is 0.743. The molecule has 1 aromatic heterocycles. The molecule has 1 aliphatic heterocycles. The Morgan fingerprint density at radius 2 is 2.54 bits per heavy atom. The van der Waals surface area contributed by atoms with Crippen molar-refractivity contribution in [2.45, 2.75) is 12.8 Å². The van der Waals surface area contributed by atoms with Crippen LogP contribution in [0.5, 0.6) is 0 Å². The number of aromatic nitrogens is 1. The highest BCUT2D eigenvalue weighted by molar-refractivity contribution is 5.08. The molecule has 1 fully saturated rings. The molecule has 70 valence electrons. The van der Waals surface area contributed by atoms with E-state index in [1.165, 1.54) is 6.07 Å². The van der Waals surface area contributed by atoms with Crippen LogP contribution in [-0.2, 0) is 6.42 Å². The Balaban J connectivity index is 2.04. The number of pyridine rings is 1. The molecular formula is C10H13FN2. The van der Waals surface area contributed by atoms with Crippen molar-refractivity contribution in [2.75, 3.05) is 13.1 Å². The first-order valence-corrected chi connectivity index (χ1v) is 4.66. The van der Waals surface area contributed by atoms with Crippen molar-refractivity contribution >= 4 is 0 Å². The maximum atomic E-state index is 13.2. The van der Waals surface area contributed by atoms with Gasteiger partial charge in [0, 0.05) is 6.20 Å². The van der Waals surface area contributed by atoms with Crippen molar-refractivity contribution in [2.24, 2.45) is 5.92 Å². The number of nitrogens with zero attached hydrogens (tertiary/aromatic N) is 1. The van der Waals surface area contributed by atoms with Crippen LogP contribution in [0.4, 0.5) is 4.39 Å². The summed E-state index contributed by atoms with van der Waals surface area (Å²) in [5, 5.41) is 3.26. The standard InChI is InChI=1S/C10H13FN2/c11-9-2-1-4-13-10(9)6-8-3-5-12-7-8/h1-2,4,8,12H,3,5-7H2/t8-/m1/s1. The summed E-state index contributed by atoms with van der Waals surface area (Å²) < 4.78 is 13.2. The zero-order chi connectivity index (χ0) is 9.10. The molecular weight excluding hydrogens is 167 g/mol. The normalized spacial score (nSPS) is 22.1. The molecule has 0 spiro atoms. The van der Waals surface area contributed by atoms with Gasteiger partial charge in [0.05, 0.1) is 5.69 Å². The molecule has 0 aliphatic carbocycles. The van der Waals surface area contributed by atoms with Gasteiger partial charge in [-0.15, -0.1) is 0 Å². The summed E-state index contributed by atoms with van der Waals surface area (Å²) >= 11 is 0. The van der Waals surface area contributed by atoms with Crippen molar-refractivity contribution in [3.05, 3.63) is 29.8 Å². The second-order valence-corrected chi connectivity index (χ2v) is 3.49. The van der Waals surface area contributed by atoms with Gasteiger partial charge in [0.15, 0.2) is 0 Å². The fraction of sp³-hybridized carbons (Fsp3) is 0.500. The second-order valence-electron chi connectivity index (χ2n) is 3.49. The Kier molecular flexibility index (Phi) is 2.54. The highest BCUT2D eigenvalue weighted by Gasteiger charge is 2.16. The maximum absolute atomic E-state index is 13.2. The first-order valence-electron chi connectivity index (χ1n) is 4.66. The van der Waals surface area contributed by atoms with Gasteiger partial charge in [-0.3, -0.25) is 4.98 Å². The molecule has 2 rings (SSSR count). The molecule has 0 aromatic carbocycles. The van der Waals surface area contributed by atoms with Gasteiger partial charge in [-0.1, -0.05) is 0 Å². The van der Waals surface area contributed by atoms with E-state index in [4.69, 9.17) is 0 Å². The summed E-state index contributed by atoms with van der Waals surface area (Å²) in [4.78, 5) is 4.04. The molecule has 0 bridgehead atoms. The highest BCUT2D eigenvalue weighted by atomic mass is 19.1. The lowest BCUT2D eigenvalue weighted by molar-refractivity contribution is 0.531. The van der Waals surface area contributed by atoms with E-state index in [1.54, 1.807) is 12.3 Å². The summed E-state index contributed by atoms with van der Waals surface area (Å²) in [5.41, 5.74) is 0.608. The van der Waals surface area contributed by atoms with Crippen LogP contribution in [0.2, 0.25) is 0 Å². The summed E-state index contributed by atoms with van der Waals surface area (Å²) in [6.07, 6.45) is 3.55. The van der Waals surface area contributed by atoms with Gasteiger partial charge in [-0.25, -0.2) is 4.39 Å². The van der Waals surface area contributed by atoms with Crippen LogP contribution in [0.15, 0.2) is 18.3 Å². The topological polar surface area (TPSA) is 24.9 Å². The Morgan fingerprint density at radius 1 is 1.62 bits per heavy atom. The van der Waals surface area contributed by atoms with Crippen molar-refractivity contribution in [1.29, 1.82) is 0 Å². The molecule has 1 atom stereocenters. The van der Waals surface area contributed by atoms with Crippen LogP contribution < -0.4 is 5.32 Å². The number of rotatable bonds is 2. The molecule has 1 aromatic rings. The minimum Gasteiger partial charge on any atom is -0.316 e. The van der Waals surface area contributed by atoms with Crippen LogP contribution in [0.3, 0.4) is 0 Å². The van der Waals surface area contributed by atoms with Gasteiger partial charge >= 0.3 is 0 Å². The van der Waals surface area contributed by atoms with Gasteiger partial charge < -0.3 is 5.32 Å². The molecule has 0 amide bonds. The average Bonchev–Trinajstić information content (AvgIpc) is 2.61. The van der Waals surface area contributed by atoms with Gasteiger partial charge in [0.2, 0.25) is 0 Å². The Morgan fingerprint density at radius 3 is 3.23 bits per heavy atom. The molecule has 1 aliphatic rings. The van der Waals surface area contributed by atoms with Crippen LogP contribution in [0.1, 0.15) is 12.1 Å². The monoisotopic (exact) mass is 180 g/mol. The SMILES string of the molecule is Fc1cccnc1C[C@H]1CCNC1. The zero-order valence-electron chi connectivity index (χ0n) is 7.46. The molecule has 13 heavy (non-hydrogen) atoms. The van der Waals surface area contributed by atoms with Crippen molar-refractivity contribution < 1.29 is 4.39 Å². The lowest BCUT2D eigenvalue weighted by Crippen LogP contribution is -2.12. The third-order valence-electron chi connectivity index (χ3n) is 2.48. The number of nitrogens with one attached hydrogen (secondary N) is 1. The van der Waals surface area contributed by atoms with Crippen molar-refractivity contribution in [1.82, 2.24) is 10.3 Å². The minimum atomic E-state index is -0.172. The Labute approximate surface area is 77.2 Å². The van der Waals surface area contributed by atoms with E-state index < -0.39 is 0 Å². The fourth-order valence-corrected chi connectivity index (χ4v) is 1.73. The highest BCUT2D eigenvalue weighted by Crippen LogP contribution is 2.15. The largest absolute Gasteiger partial charge is 0.316 e. The molecule has 1 N–H and O–H groups in total. The average molecular weight is 180 g/mol. The second kappa shape index (κ2) is 3.83. The number of hydrogen-bond acceptors (Lipinski definition) is 2. The number of hydrogen-bond donors (Lipinski definition) is 1. The smallest absolute Gasteiger partial charge is 0.144 e. The van der Waals surface area contributed by atoms with E-state index >= 15 is 0 Å². The predicted octanol–water partition coefficient (Wildman–Crippen LogP) is 1.37. The summed E-state index contributed by atoms with van der Waals surface area (Å²) in [5.74, 6) is 0.388. The number of halogens is 1. The third-order valence-corrected chi connectivity index (χ3v) is 2.48. The summed E-state index contributed by atoms with van der Waals surface area (Å²) in [7, 11) is 0. The van der Waals surface area contributed by atoms with Gasteiger partial charge in [-0.2, -0.15) is 0 Å². The molecule has 2 nitrogen and oxygen atoms in total. The molecule has 3 heteroatoms. The van der Waals surface area contributed by atoms with Crippen LogP contribution >= 0.6 is 0 Å². The van der Waals surface area contributed by atoms with Gasteiger partial charge in [0.1, 0.15) is 5.82 Å². The van der Waals surface area contributed by atoms with E-state index in [1.807, 2.05) is 0 Å². The van der Waals surface area contributed by atoms with Gasteiger partial charge in [0.25, 0.3) is 0 Å². The first-order chi connectivity index (χ1) is 6.36. The maximum Gasteiger partial charge on any atom is 0.144 e. The minimum absolute atomic E-state index is 0.172. The van der Waals surface area contributed by atoms with Crippen molar-refractivity contribution in [3.63, 3.8) is 0 Å². The first kappa shape index (κ1) is 8.63. The van der Waals surface area contributed by atoms with Gasteiger partial charge in [-0.05, 0) is 44.0 Å². The van der Waals surface area contributed by atoms with E-state index in [9.17, 15) is 4.39 Å². The Bertz CT molecular complexity index is 282. The molecule has 0 saturated carbocycles. The Hall–Kier alpha value is -0.960. The van der Waals surface area contributed by atoms with E-state index in [0.29, 0.717) is 11.6 Å². The fourth-order valence-electron chi connectivity index (χ4n) is 1.73. The van der Waals surface area contributed by atoms with E-state index in [0.717, 1.165) is 25.9 Å². The summed E-state index contributed by atoms with van der Waals surface area (Å²) in [6.45, 7) is 2.05. The molecule has 1 saturated heterocycles. The van der Waals surface area contributed by atoms with E-state index in [2.05, 4.69) is 10.3 Å². The molecule has 0 unspecified atom stereocenters. The van der Waals surface area contributed by atoms with Crippen LogP contribution in [0.25, 0.3) is 0 Å². The molecule has 2 heterocycles. The lowest BCUT2D eigenvalue weighted by Gasteiger charge is -2.07. The van der Waals surface area contributed by atoms with Crippen molar-refractivity contribution in [3.8, 4) is 0 Å². The lowest BCUT2D eigenvalue weighted by atomic mass is 10.0. The van der Waals surface area contributed by atoms with Crippen LogP contribution in [-0.4, -0.2) is 18.1 Å². The zero-order valence-corrected chi connectivity index (χ0v) is 7.46. The van der Waals surface area contributed by atoms with Crippen LogP contribution in [0, 0.1) is 11.7 Å². The molecule has 0 radical (unpaired) electrons. The van der Waals surface area contributed by atoms with E-state index in [-0.39, 0.29) is 5.82 Å².